The molecule has 0 aliphatic carbocycles. The van der Waals surface area contributed by atoms with Crippen molar-refractivity contribution in [3.63, 3.8) is 0 Å². The molecule has 4 nitrogen and oxygen atoms in total. The summed E-state index contributed by atoms with van der Waals surface area (Å²) in [6, 6.07) is 12.2. The minimum Gasteiger partial charge on any atom is -0.326 e. The molecule has 1 amide bonds. The minimum atomic E-state index is -0.538. The number of benzene rings is 2. The lowest BCUT2D eigenvalue weighted by atomic mass is 9.99. The first-order valence-corrected chi connectivity index (χ1v) is 8.78. The fourth-order valence-electron chi connectivity index (χ4n) is 2.70. The van der Waals surface area contributed by atoms with Crippen molar-refractivity contribution in [2.75, 3.05) is 5.32 Å². The molecule has 2 aromatic rings. The maximum Gasteiger partial charge on any atom is 0.238 e. The van der Waals surface area contributed by atoms with Gasteiger partial charge in [0.1, 0.15) is 5.82 Å². The Balaban J connectivity index is 2.05. The number of hydrogen-bond donors (Lipinski definition) is 2. The third kappa shape index (κ3) is 5.93. The predicted octanol–water partition coefficient (Wildman–Crippen LogP) is 3.95. The molecule has 0 bridgehead atoms. The molecule has 0 unspecified atom stereocenters. The number of halogens is 2. The molecule has 2 rings (SSSR count). The average Bonchev–Trinajstić information content (AvgIpc) is 2.58. The van der Waals surface area contributed by atoms with Gasteiger partial charge in [-0.15, -0.1) is 0 Å². The number of nitrogens with one attached hydrogen (secondary N) is 2. The van der Waals surface area contributed by atoms with E-state index in [1.165, 1.54) is 13.0 Å². The van der Waals surface area contributed by atoms with Gasteiger partial charge in [0.05, 0.1) is 6.04 Å². The van der Waals surface area contributed by atoms with Crippen molar-refractivity contribution in [3.8, 4) is 0 Å². The van der Waals surface area contributed by atoms with Crippen LogP contribution in [0.4, 0.5) is 10.1 Å². The van der Waals surface area contributed by atoms with Crippen LogP contribution in [0.3, 0.4) is 0 Å². The SMILES string of the molecule is CC(=O)Nc1cc(F)c(C)c(CC[C@H](NCc2ccccc2)C(=O)Cl)c1. The summed E-state index contributed by atoms with van der Waals surface area (Å²) in [5.41, 5.74) is 2.69. The van der Waals surface area contributed by atoms with Gasteiger partial charge >= 0.3 is 0 Å². The molecule has 0 saturated carbocycles. The average molecular weight is 377 g/mol. The highest BCUT2D eigenvalue weighted by molar-refractivity contribution is 6.64. The Bertz CT molecular complexity index is 781. The van der Waals surface area contributed by atoms with Crippen LogP contribution in [0.2, 0.25) is 0 Å². The highest BCUT2D eigenvalue weighted by atomic mass is 35.5. The van der Waals surface area contributed by atoms with E-state index in [1.807, 2.05) is 30.3 Å². The summed E-state index contributed by atoms with van der Waals surface area (Å²) in [5, 5.41) is 5.25. The highest BCUT2D eigenvalue weighted by Gasteiger charge is 2.17. The second kappa shape index (κ2) is 9.46. The van der Waals surface area contributed by atoms with E-state index < -0.39 is 17.1 Å². The molecule has 1 atom stereocenters. The molecule has 0 radical (unpaired) electrons. The van der Waals surface area contributed by atoms with Crippen LogP contribution in [0.15, 0.2) is 42.5 Å². The summed E-state index contributed by atoms with van der Waals surface area (Å²) in [4.78, 5) is 22.9. The Morgan fingerprint density at radius 3 is 2.50 bits per heavy atom. The van der Waals surface area contributed by atoms with E-state index in [-0.39, 0.29) is 5.91 Å². The van der Waals surface area contributed by atoms with Gasteiger partial charge in [-0.25, -0.2) is 4.39 Å². The Morgan fingerprint density at radius 2 is 1.88 bits per heavy atom. The lowest BCUT2D eigenvalue weighted by Crippen LogP contribution is -2.34. The molecule has 0 spiro atoms. The van der Waals surface area contributed by atoms with Gasteiger partial charge in [0.25, 0.3) is 0 Å². The van der Waals surface area contributed by atoms with Gasteiger partial charge < -0.3 is 10.6 Å². The molecule has 0 heterocycles. The molecular weight excluding hydrogens is 355 g/mol. The zero-order valence-electron chi connectivity index (χ0n) is 14.8. The van der Waals surface area contributed by atoms with Crippen molar-refractivity contribution in [1.29, 1.82) is 0 Å². The van der Waals surface area contributed by atoms with Crippen LogP contribution in [0.25, 0.3) is 0 Å². The van der Waals surface area contributed by atoms with Crippen molar-refractivity contribution in [3.05, 3.63) is 65.0 Å². The molecule has 0 saturated heterocycles. The summed E-state index contributed by atoms with van der Waals surface area (Å²) in [7, 11) is 0. The van der Waals surface area contributed by atoms with Crippen LogP contribution < -0.4 is 10.6 Å². The van der Waals surface area contributed by atoms with Crippen molar-refractivity contribution < 1.29 is 14.0 Å². The summed E-state index contributed by atoms with van der Waals surface area (Å²) in [5.74, 6) is -0.658. The summed E-state index contributed by atoms with van der Waals surface area (Å²) in [6.45, 7) is 3.56. The van der Waals surface area contributed by atoms with Gasteiger partial charge in [0, 0.05) is 19.2 Å². The molecule has 26 heavy (non-hydrogen) atoms. The van der Waals surface area contributed by atoms with Gasteiger partial charge in [0.2, 0.25) is 11.1 Å². The molecule has 138 valence electrons. The maximum absolute atomic E-state index is 14.1. The summed E-state index contributed by atoms with van der Waals surface area (Å²) in [6.07, 6.45) is 0.889. The van der Waals surface area contributed by atoms with Crippen molar-refractivity contribution in [1.82, 2.24) is 5.32 Å². The molecule has 0 fully saturated rings. The zero-order valence-corrected chi connectivity index (χ0v) is 15.6. The number of anilines is 1. The number of hydrogen-bond acceptors (Lipinski definition) is 3. The van der Waals surface area contributed by atoms with E-state index in [9.17, 15) is 14.0 Å². The topological polar surface area (TPSA) is 58.2 Å². The van der Waals surface area contributed by atoms with E-state index in [1.54, 1.807) is 13.0 Å². The van der Waals surface area contributed by atoms with E-state index in [4.69, 9.17) is 11.6 Å². The van der Waals surface area contributed by atoms with E-state index in [2.05, 4.69) is 10.6 Å². The summed E-state index contributed by atoms with van der Waals surface area (Å²) >= 11 is 5.71. The smallest absolute Gasteiger partial charge is 0.238 e. The summed E-state index contributed by atoms with van der Waals surface area (Å²) < 4.78 is 14.1. The highest BCUT2D eigenvalue weighted by Crippen LogP contribution is 2.21. The first-order chi connectivity index (χ1) is 12.4. The number of carbonyl (C=O) groups is 2. The first-order valence-electron chi connectivity index (χ1n) is 8.40. The third-order valence-electron chi connectivity index (χ3n) is 4.14. The largest absolute Gasteiger partial charge is 0.326 e. The fourth-order valence-corrected chi connectivity index (χ4v) is 2.89. The molecule has 0 aromatic heterocycles. The second-order valence-corrected chi connectivity index (χ2v) is 6.56. The maximum atomic E-state index is 14.1. The van der Waals surface area contributed by atoms with Crippen LogP contribution in [0.1, 0.15) is 30.0 Å². The Hall–Kier alpha value is -2.24. The van der Waals surface area contributed by atoms with E-state index in [0.29, 0.717) is 30.6 Å². The predicted molar refractivity (Wildman–Crippen MR) is 102 cm³/mol. The second-order valence-electron chi connectivity index (χ2n) is 6.19. The monoisotopic (exact) mass is 376 g/mol. The number of carbonyl (C=O) groups excluding carboxylic acids is 2. The third-order valence-corrected chi connectivity index (χ3v) is 4.41. The normalized spacial score (nSPS) is 11.8. The van der Waals surface area contributed by atoms with Gasteiger partial charge in [-0.2, -0.15) is 0 Å². The number of amides is 1. The molecule has 6 heteroatoms. The van der Waals surface area contributed by atoms with E-state index in [0.717, 1.165) is 11.1 Å². The Kier molecular flexibility index (Phi) is 7.30. The van der Waals surface area contributed by atoms with Crippen LogP contribution in [0, 0.1) is 12.7 Å². The molecule has 2 N–H and O–H groups in total. The van der Waals surface area contributed by atoms with Crippen molar-refractivity contribution in [2.24, 2.45) is 0 Å². The number of aryl methyl sites for hydroxylation is 1. The molecule has 0 aliphatic rings. The zero-order chi connectivity index (χ0) is 19.1. The van der Waals surface area contributed by atoms with Crippen LogP contribution in [0.5, 0.6) is 0 Å². The quantitative estimate of drug-likeness (QED) is 0.686. The molecule has 2 aromatic carbocycles. The van der Waals surface area contributed by atoms with E-state index >= 15 is 0 Å². The molecular formula is C20H22ClFN2O2. The Morgan fingerprint density at radius 1 is 1.19 bits per heavy atom. The lowest BCUT2D eigenvalue weighted by molar-refractivity contribution is -0.114. The minimum absolute atomic E-state index is 0.266. The lowest BCUT2D eigenvalue weighted by Gasteiger charge is -2.16. The van der Waals surface area contributed by atoms with Crippen LogP contribution >= 0.6 is 11.6 Å². The molecule has 0 aliphatic heterocycles. The number of rotatable bonds is 8. The van der Waals surface area contributed by atoms with Gasteiger partial charge in [-0.3, -0.25) is 9.59 Å². The van der Waals surface area contributed by atoms with Crippen molar-refractivity contribution >= 4 is 28.4 Å². The fraction of sp³-hybridized carbons (Fsp3) is 0.300. The van der Waals surface area contributed by atoms with Crippen LogP contribution in [-0.4, -0.2) is 17.2 Å². The van der Waals surface area contributed by atoms with Crippen LogP contribution in [-0.2, 0) is 22.6 Å². The first kappa shape index (κ1) is 20.1. The standard InChI is InChI=1S/C20H22ClFN2O2/c1-13-16(10-17(11-18(13)22)24-14(2)25)8-9-19(20(21)26)23-12-15-6-4-3-5-7-15/h3-7,10-11,19,23H,8-9,12H2,1-2H3,(H,24,25)/t19-/m0/s1. The van der Waals surface area contributed by atoms with Gasteiger partial charge in [-0.05, 0) is 60.2 Å². The Labute approximate surface area is 157 Å². The van der Waals surface area contributed by atoms with Crippen molar-refractivity contribution in [2.45, 2.75) is 39.3 Å². The van der Waals surface area contributed by atoms with Gasteiger partial charge in [-0.1, -0.05) is 30.3 Å². The van der Waals surface area contributed by atoms with Gasteiger partial charge in [0.15, 0.2) is 0 Å².